The molecule has 4 heteroatoms. The van der Waals surface area contributed by atoms with E-state index < -0.39 is 5.92 Å². The number of aryl methyl sites for hydroxylation is 1. The number of ketones is 1. The second-order valence-electron chi connectivity index (χ2n) is 4.66. The van der Waals surface area contributed by atoms with E-state index in [1.807, 2.05) is 13.0 Å². The Labute approximate surface area is 132 Å². The number of carbonyl (C=O) groups excluding carboxylic acids is 1. The minimum absolute atomic E-state index is 0.205. The molecule has 0 spiro atoms. The zero-order valence-electron chi connectivity index (χ0n) is 11.8. The number of carbonyl (C=O) groups is 1. The molecular weight excluding hydrogens is 330 g/mol. The Bertz CT molecular complexity index is 702. The molecule has 2 aromatic rings. The molecule has 106 valence electrons. The van der Waals surface area contributed by atoms with Crippen molar-refractivity contribution in [1.82, 2.24) is 0 Å². The van der Waals surface area contributed by atoms with Gasteiger partial charge in [0.1, 0.15) is 11.7 Å². The zero-order chi connectivity index (χ0) is 15.4. The van der Waals surface area contributed by atoms with Gasteiger partial charge in [-0.05, 0) is 36.2 Å². The second-order valence-corrected chi connectivity index (χ2v) is 5.52. The highest BCUT2D eigenvalue weighted by atomic mass is 79.9. The van der Waals surface area contributed by atoms with Crippen LogP contribution in [-0.2, 0) is 0 Å². The Hall–Kier alpha value is -2.12. The van der Waals surface area contributed by atoms with Gasteiger partial charge in [-0.15, -0.1) is 0 Å². The van der Waals surface area contributed by atoms with Gasteiger partial charge in [0.05, 0.1) is 13.2 Å². The predicted molar refractivity (Wildman–Crippen MR) is 84.6 cm³/mol. The van der Waals surface area contributed by atoms with Crippen molar-refractivity contribution >= 4 is 21.7 Å². The first-order valence-corrected chi connectivity index (χ1v) is 7.20. The largest absolute Gasteiger partial charge is 0.497 e. The highest BCUT2D eigenvalue weighted by molar-refractivity contribution is 9.10. The van der Waals surface area contributed by atoms with E-state index in [9.17, 15) is 10.1 Å². The molecule has 0 amide bonds. The molecule has 0 fully saturated rings. The van der Waals surface area contributed by atoms with Crippen LogP contribution in [0.15, 0.2) is 46.9 Å². The molecule has 2 aromatic carbocycles. The topological polar surface area (TPSA) is 50.1 Å². The van der Waals surface area contributed by atoms with Crippen molar-refractivity contribution in [1.29, 1.82) is 5.26 Å². The summed E-state index contributed by atoms with van der Waals surface area (Å²) >= 11 is 3.41. The van der Waals surface area contributed by atoms with Crippen molar-refractivity contribution in [3.63, 3.8) is 0 Å². The van der Waals surface area contributed by atoms with Crippen molar-refractivity contribution in [2.24, 2.45) is 0 Å². The standard InChI is InChI=1S/C17H14BrNO2/c1-11-3-4-13(9-16(11)18)17(20)15(10-19)12-5-7-14(21-2)8-6-12/h3-9,15H,1-2H3. The van der Waals surface area contributed by atoms with Crippen LogP contribution in [0.2, 0.25) is 0 Å². The fourth-order valence-electron chi connectivity index (χ4n) is 1.99. The third-order valence-electron chi connectivity index (χ3n) is 3.30. The van der Waals surface area contributed by atoms with Crippen molar-refractivity contribution in [3.8, 4) is 11.8 Å². The molecule has 0 aliphatic rings. The van der Waals surface area contributed by atoms with Crippen LogP contribution < -0.4 is 4.74 Å². The van der Waals surface area contributed by atoms with E-state index in [-0.39, 0.29) is 5.78 Å². The lowest BCUT2D eigenvalue weighted by Gasteiger charge is -2.10. The Morgan fingerprint density at radius 1 is 1.24 bits per heavy atom. The van der Waals surface area contributed by atoms with Crippen molar-refractivity contribution in [3.05, 3.63) is 63.6 Å². The number of hydrogen-bond donors (Lipinski definition) is 0. The Balaban J connectivity index is 2.33. The van der Waals surface area contributed by atoms with Crippen molar-refractivity contribution in [2.75, 3.05) is 7.11 Å². The molecule has 0 bridgehead atoms. The van der Waals surface area contributed by atoms with Crippen LogP contribution in [-0.4, -0.2) is 12.9 Å². The van der Waals surface area contributed by atoms with Gasteiger partial charge in [0, 0.05) is 10.0 Å². The molecule has 0 radical (unpaired) electrons. The third kappa shape index (κ3) is 3.32. The normalized spacial score (nSPS) is 11.5. The SMILES string of the molecule is COc1ccc(C(C#N)C(=O)c2ccc(C)c(Br)c2)cc1. The summed E-state index contributed by atoms with van der Waals surface area (Å²) in [6.45, 7) is 1.95. The monoisotopic (exact) mass is 343 g/mol. The van der Waals surface area contributed by atoms with E-state index in [0.717, 1.165) is 10.0 Å². The van der Waals surface area contributed by atoms with Gasteiger partial charge in [-0.1, -0.05) is 40.2 Å². The maximum Gasteiger partial charge on any atom is 0.184 e. The molecule has 0 aliphatic carbocycles. The Kier molecular flexibility index (Phi) is 4.77. The number of rotatable bonds is 4. The minimum atomic E-state index is -0.814. The fourth-order valence-corrected chi connectivity index (χ4v) is 2.37. The first kappa shape index (κ1) is 15.3. The van der Waals surface area contributed by atoms with Gasteiger partial charge in [0.25, 0.3) is 0 Å². The number of nitrogens with zero attached hydrogens (tertiary/aromatic N) is 1. The molecule has 0 aliphatic heterocycles. The van der Waals surface area contributed by atoms with Crippen molar-refractivity contribution < 1.29 is 9.53 Å². The van der Waals surface area contributed by atoms with E-state index in [4.69, 9.17) is 4.74 Å². The van der Waals surface area contributed by atoms with Gasteiger partial charge in [-0.25, -0.2) is 0 Å². The smallest absolute Gasteiger partial charge is 0.184 e. The van der Waals surface area contributed by atoms with Gasteiger partial charge < -0.3 is 4.74 Å². The summed E-state index contributed by atoms with van der Waals surface area (Å²) < 4.78 is 5.94. The molecule has 1 atom stereocenters. The zero-order valence-corrected chi connectivity index (χ0v) is 13.3. The lowest BCUT2D eigenvalue weighted by molar-refractivity contribution is 0.0979. The van der Waals surface area contributed by atoms with Crippen LogP contribution >= 0.6 is 15.9 Å². The van der Waals surface area contributed by atoms with E-state index in [0.29, 0.717) is 16.9 Å². The lowest BCUT2D eigenvalue weighted by Crippen LogP contribution is -2.11. The molecule has 1 unspecified atom stereocenters. The first-order valence-electron chi connectivity index (χ1n) is 6.40. The summed E-state index contributed by atoms with van der Waals surface area (Å²) in [7, 11) is 1.58. The maximum absolute atomic E-state index is 12.5. The molecular formula is C17H14BrNO2. The summed E-state index contributed by atoms with van der Waals surface area (Å²) in [5.74, 6) is -0.324. The predicted octanol–water partition coefficient (Wildman–Crippen LogP) is 4.26. The molecule has 2 rings (SSSR count). The minimum Gasteiger partial charge on any atom is -0.497 e. The van der Waals surface area contributed by atoms with Gasteiger partial charge in [0.15, 0.2) is 5.78 Å². The number of methoxy groups -OCH3 is 1. The number of Topliss-reactive ketones (excluding diaryl/α,β-unsaturated/α-hetero) is 1. The van der Waals surface area contributed by atoms with E-state index in [1.165, 1.54) is 0 Å². The van der Waals surface area contributed by atoms with Crippen LogP contribution in [0.5, 0.6) is 5.75 Å². The highest BCUT2D eigenvalue weighted by Gasteiger charge is 2.22. The number of hydrogen-bond acceptors (Lipinski definition) is 3. The van der Waals surface area contributed by atoms with Crippen LogP contribution in [0, 0.1) is 18.3 Å². The van der Waals surface area contributed by atoms with Crippen LogP contribution in [0.3, 0.4) is 0 Å². The molecule has 0 aromatic heterocycles. The molecule has 0 saturated carbocycles. The maximum atomic E-state index is 12.5. The fraction of sp³-hybridized carbons (Fsp3) is 0.176. The van der Waals surface area contributed by atoms with Crippen LogP contribution in [0.4, 0.5) is 0 Å². The van der Waals surface area contributed by atoms with Gasteiger partial charge in [-0.2, -0.15) is 5.26 Å². The quantitative estimate of drug-likeness (QED) is 0.779. The summed E-state index contributed by atoms with van der Waals surface area (Å²) in [5, 5.41) is 9.35. The van der Waals surface area contributed by atoms with E-state index >= 15 is 0 Å². The van der Waals surface area contributed by atoms with Crippen LogP contribution in [0.1, 0.15) is 27.4 Å². The molecule has 3 nitrogen and oxygen atoms in total. The molecule has 0 saturated heterocycles. The summed E-state index contributed by atoms with van der Waals surface area (Å²) in [4.78, 5) is 12.5. The van der Waals surface area contributed by atoms with Gasteiger partial charge in [0.2, 0.25) is 0 Å². The number of halogens is 1. The van der Waals surface area contributed by atoms with E-state index in [2.05, 4.69) is 22.0 Å². The third-order valence-corrected chi connectivity index (χ3v) is 4.15. The first-order chi connectivity index (χ1) is 10.1. The molecule has 21 heavy (non-hydrogen) atoms. The van der Waals surface area contributed by atoms with E-state index in [1.54, 1.807) is 43.5 Å². The molecule has 0 N–H and O–H groups in total. The number of nitriles is 1. The highest BCUT2D eigenvalue weighted by Crippen LogP contribution is 2.25. The summed E-state index contributed by atoms with van der Waals surface area (Å²) in [6, 6.07) is 14.4. The lowest BCUT2D eigenvalue weighted by atomic mass is 9.91. The summed E-state index contributed by atoms with van der Waals surface area (Å²) in [6.07, 6.45) is 0. The van der Waals surface area contributed by atoms with Crippen LogP contribution in [0.25, 0.3) is 0 Å². The molecule has 0 heterocycles. The number of ether oxygens (including phenoxy) is 1. The van der Waals surface area contributed by atoms with Crippen molar-refractivity contribution in [2.45, 2.75) is 12.8 Å². The number of benzene rings is 2. The van der Waals surface area contributed by atoms with Gasteiger partial charge in [-0.3, -0.25) is 4.79 Å². The summed E-state index contributed by atoms with van der Waals surface area (Å²) in [5.41, 5.74) is 2.24. The average Bonchev–Trinajstić information content (AvgIpc) is 2.51. The Morgan fingerprint density at radius 2 is 1.90 bits per heavy atom. The van der Waals surface area contributed by atoms with Gasteiger partial charge >= 0.3 is 0 Å². The Morgan fingerprint density at radius 3 is 2.43 bits per heavy atom. The average molecular weight is 344 g/mol. The second kappa shape index (κ2) is 6.55.